The van der Waals surface area contributed by atoms with Crippen molar-refractivity contribution in [2.75, 3.05) is 6.61 Å². The zero-order chi connectivity index (χ0) is 26.0. The van der Waals surface area contributed by atoms with Crippen molar-refractivity contribution in [3.05, 3.63) is 59.7 Å². The van der Waals surface area contributed by atoms with Gasteiger partial charge in [-0.1, -0.05) is 30.4 Å². The molecule has 3 rings (SSSR count). The number of carbonyl (C=O) groups excluding carboxylic acids is 1. The fourth-order valence-electron chi connectivity index (χ4n) is 3.11. The summed E-state index contributed by atoms with van der Waals surface area (Å²) in [5.41, 5.74) is 6.27. The zero-order valence-corrected chi connectivity index (χ0v) is 17.7. The van der Waals surface area contributed by atoms with Gasteiger partial charge in [-0.15, -0.1) is 5.10 Å². The largest absolute Gasteiger partial charge is 0.380 e. The first-order chi connectivity index (χ1) is 16.3. The Labute approximate surface area is 193 Å². The Bertz CT molecular complexity index is 1140. The van der Waals surface area contributed by atoms with Crippen molar-refractivity contribution in [2.45, 2.75) is 43.6 Å². The summed E-state index contributed by atoms with van der Waals surface area (Å²) in [4.78, 5) is 15.7. The van der Waals surface area contributed by atoms with Gasteiger partial charge in [0, 0.05) is 5.57 Å². The number of hydrogen-bond acceptors (Lipinski definition) is 4. The first-order valence-corrected chi connectivity index (χ1v) is 10.0. The quantitative estimate of drug-likeness (QED) is 0.466. The normalized spacial score (nSPS) is 14.9. The number of hydrogen-bond donors (Lipinski definition) is 1. The molecule has 1 amide bonds. The number of allylic oxidation sites excluding steroid dienone is 4. The maximum absolute atomic E-state index is 13.7. The van der Waals surface area contributed by atoms with Gasteiger partial charge in [-0.05, 0) is 30.5 Å². The number of rotatable bonds is 10. The van der Waals surface area contributed by atoms with Gasteiger partial charge >= 0.3 is 24.2 Å². The maximum atomic E-state index is 13.7. The van der Waals surface area contributed by atoms with Gasteiger partial charge in [0.05, 0.1) is 12.3 Å². The van der Waals surface area contributed by atoms with Crippen LogP contribution < -0.4 is 5.73 Å². The summed E-state index contributed by atoms with van der Waals surface area (Å²) in [7, 11) is 0. The minimum Gasteiger partial charge on any atom is -0.370 e. The van der Waals surface area contributed by atoms with E-state index >= 15 is 0 Å². The van der Waals surface area contributed by atoms with Crippen molar-refractivity contribution in [3.8, 4) is 5.69 Å². The number of benzene rings is 1. The van der Waals surface area contributed by atoms with E-state index in [2.05, 4.69) is 14.8 Å². The first-order valence-electron chi connectivity index (χ1n) is 10.0. The van der Waals surface area contributed by atoms with Gasteiger partial charge in [-0.2, -0.15) is 26.3 Å². The highest BCUT2D eigenvalue weighted by Crippen LogP contribution is 2.48. The molecule has 0 saturated carbocycles. The van der Waals surface area contributed by atoms with Crippen molar-refractivity contribution in [1.82, 2.24) is 14.8 Å². The van der Waals surface area contributed by atoms with Gasteiger partial charge in [0.15, 0.2) is 5.82 Å². The van der Waals surface area contributed by atoms with E-state index in [0.29, 0.717) is 12.0 Å². The predicted octanol–water partition coefficient (Wildman–Crippen LogP) is 4.79. The average Bonchev–Trinajstić information content (AvgIpc) is 3.25. The zero-order valence-electron chi connectivity index (χ0n) is 17.7. The smallest absolute Gasteiger partial charge is 0.370 e. The maximum Gasteiger partial charge on any atom is 0.380 e. The molecule has 14 heteroatoms. The van der Waals surface area contributed by atoms with E-state index in [1.54, 1.807) is 6.08 Å². The van der Waals surface area contributed by atoms with Gasteiger partial charge in [-0.25, -0.2) is 18.4 Å². The summed E-state index contributed by atoms with van der Waals surface area (Å²) in [6, 6.07) is 5.61. The molecule has 1 aliphatic rings. The van der Waals surface area contributed by atoms with Crippen LogP contribution in [0, 0.1) is 0 Å². The fraction of sp³-hybridized carbons (Fsp3) is 0.381. The SMILES string of the molecule is NC(=O)c1nc(C2=CCCC=C2)n(-c2cccc(COCC(F)(F)C(F)(F)C(F)(F)C(F)F)c2)n1. The monoisotopic (exact) mass is 510 g/mol. The second-order valence-corrected chi connectivity index (χ2v) is 7.54. The van der Waals surface area contributed by atoms with Crippen LogP contribution in [0.3, 0.4) is 0 Å². The molecule has 35 heavy (non-hydrogen) atoms. The molecule has 1 aromatic heterocycles. The number of primary amides is 1. The lowest BCUT2D eigenvalue weighted by Crippen LogP contribution is -2.59. The van der Waals surface area contributed by atoms with Crippen LogP contribution in [0.25, 0.3) is 11.3 Å². The van der Waals surface area contributed by atoms with Crippen LogP contribution in [0.4, 0.5) is 35.1 Å². The lowest BCUT2D eigenvalue weighted by Gasteiger charge is -2.32. The predicted molar refractivity (Wildman–Crippen MR) is 107 cm³/mol. The Morgan fingerprint density at radius 1 is 1.14 bits per heavy atom. The van der Waals surface area contributed by atoms with Crippen LogP contribution in [-0.4, -0.2) is 51.5 Å². The van der Waals surface area contributed by atoms with Crippen molar-refractivity contribution in [3.63, 3.8) is 0 Å². The number of nitrogens with zero attached hydrogens (tertiary/aromatic N) is 3. The van der Waals surface area contributed by atoms with E-state index in [-0.39, 0.29) is 22.9 Å². The van der Waals surface area contributed by atoms with Crippen molar-refractivity contribution in [1.29, 1.82) is 0 Å². The molecule has 0 aliphatic heterocycles. The first kappa shape index (κ1) is 26.3. The minimum atomic E-state index is -6.35. The second-order valence-electron chi connectivity index (χ2n) is 7.54. The number of nitrogens with two attached hydrogens (primary N) is 1. The van der Waals surface area contributed by atoms with Crippen LogP contribution in [0.5, 0.6) is 0 Å². The third-order valence-corrected chi connectivity index (χ3v) is 4.94. The molecular weight excluding hydrogens is 492 g/mol. The summed E-state index contributed by atoms with van der Waals surface area (Å²) in [5, 5.41) is 4.03. The summed E-state index contributed by atoms with van der Waals surface area (Å²) >= 11 is 0. The Hall–Kier alpha value is -3.29. The molecule has 0 unspecified atom stereocenters. The minimum absolute atomic E-state index is 0.123. The van der Waals surface area contributed by atoms with Gasteiger partial charge in [0.25, 0.3) is 5.91 Å². The molecule has 2 N–H and O–H groups in total. The highest BCUT2D eigenvalue weighted by Gasteiger charge is 2.75. The molecular formula is C21H18F8N4O2. The van der Waals surface area contributed by atoms with Crippen LogP contribution in [-0.2, 0) is 11.3 Å². The Morgan fingerprint density at radius 3 is 2.46 bits per heavy atom. The number of halogens is 8. The topological polar surface area (TPSA) is 83.0 Å². The van der Waals surface area contributed by atoms with Gasteiger partial charge in [0.2, 0.25) is 5.82 Å². The highest BCUT2D eigenvalue weighted by molar-refractivity contribution is 5.89. The van der Waals surface area contributed by atoms with Crippen molar-refractivity contribution >= 4 is 11.5 Å². The number of carbonyl (C=O) groups is 1. The molecule has 0 bridgehead atoms. The third kappa shape index (κ3) is 5.21. The molecule has 0 radical (unpaired) electrons. The number of ether oxygens (including phenoxy) is 1. The van der Waals surface area contributed by atoms with Crippen LogP contribution in [0.2, 0.25) is 0 Å². The van der Waals surface area contributed by atoms with Crippen LogP contribution in [0.1, 0.15) is 34.8 Å². The van der Waals surface area contributed by atoms with E-state index in [1.807, 2.05) is 12.2 Å². The second kappa shape index (κ2) is 9.76. The molecule has 1 aliphatic carbocycles. The van der Waals surface area contributed by atoms with E-state index < -0.39 is 43.3 Å². The molecule has 0 saturated heterocycles. The van der Waals surface area contributed by atoms with Crippen molar-refractivity contribution in [2.24, 2.45) is 5.73 Å². The molecule has 190 valence electrons. The lowest BCUT2D eigenvalue weighted by molar-refractivity contribution is -0.346. The van der Waals surface area contributed by atoms with Crippen LogP contribution >= 0.6 is 0 Å². The molecule has 0 spiro atoms. The molecule has 2 aromatic rings. The average molecular weight is 510 g/mol. The Morgan fingerprint density at radius 2 is 1.86 bits per heavy atom. The number of aromatic nitrogens is 3. The molecule has 6 nitrogen and oxygen atoms in total. The van der Waals surface area contributed by atoms with Gasteiger partial charge < -0.3 is 10.5 Å². The van der Waals surface area contributed by atoms with E-state index in [1.165, 1.54) is 28.9 Å². The van der Waals surface area contributed by atoms with E-state index in [9.17, 15) is 39.9 Å². The molecule has 1 aromatic carbocycles. The third-order valence-electron chi connectivity index (χ3n) is 4.94. The standard InChI is InChI=1S/C21H18F8N4O2/c22-18(23)20(26,27)21(28,29)19(24,25)11-35-10-12-5-4-8-14(9-12)33-17(13-6-2-1-3-7-13)31-16(32-33)15(30)34/h2,4-9,18H,1,3,10-11H2,(H2,30,34). The molecule has 0 fully saturated rings. The summed E-state index contributed by atoms with van der Waals surface area (Å²) in [6.45, 7) is -3.00. The lowest BCUT2D eigenvalue weighted by atomic mass is 10.1. The van der Waals surface area contributed by atoms with Gasteiger partial charge in [-0.3, -0.25) is 4.79 Å². The summed E-state index contributed by atoms with van der Waals surface area (Å²) in [5.74, 6) is -19.2. The van der Waals surface area contributed by atoms with E-state index in [4.69, 9.17) is 5.73 Å². The van der Waals surface area contributed by atoms with Gasteiger partial charge in [0.1, 0.15) is 6.61 Å². The number of alkyl halides is 8. The highest BCUT2D eigenvalue weighted by atomic mass is 19.4. The molecule has 0 atom stereocenters. The Balaban J connectivity index is 1.80. The summed E-state index contributed by atoms with van der Waals surface area (Å²) in [6.07, 6.45) is 1.95. The van der Waals surface area contributed by atoms with Crippen molar-refractivity contribution < 1.29 is 44.7 Å². The summed E-state index contributed by atoms with van der Waals surface area (Å²) < 4.78 is 110. The number of amides is 1. The van der Waals surface area contributed by atoms with Crippen LogP contribution in [0.15, 0.2) is 42.5 Å². The van der Waals surface area contributed by atoms with E-state index in [0.717, 1.165) is 6.42 Å². The fourth-order valence-corrected chi connectivity index (χ4v) is 3.11. The Kier molecular flexibility index (Phi) is 7.34. The molecule has 1 heterocycles.